The maximum Gasteiger partial charge on any atom is 0.317 e. The lowest BCUT2D eigenvalue weighted by Crippen LogP contribution is -2.46. The van der Waals surface area contributed by atoms with Crippen LogP contribution in [0.3, 0.4) is 0 Å². The molecule has 1 aliphatic carbocycles. The SMILES string of the molecule is CCOC(=O)[C@@H]1C(=O)C2=C(C[C@@H]1c1cccs1)N(c1ccccc1)C(=O)C[C@H]2c1cccc([N+](=O)[O-])c1. The molecule has 3 atom stereocenters. The number of amides is 1. The van der Waals surface area contributed by atoms with Gasteiger partial charge in [0.25, 0.3) is 5.69 Å². The smallest absolute Gasteiger partial charge is 0.317 e. The first kappa shape index (κ1) is 24.6. The fraction of sp³-hybridized carbons (Fsp3) is 0.250. The van der Waals surface area contributed by atoms with E-state index in [4.69, 9.17) is 4.74 Å². The van der Waals surface area contributed by atoms with Crippen molar-refractivity contribution in [2.24, 2.45) is 5.92 Å². The minimum atomic E-state index is -1.07. The van der Waals surface area contributed by atoms with E-state index in [0.717, 1.165) is 4.88 Å². The molecule has 2 aliphatic rings. The number of nitrogens with zero attached hydrogens (tertiary/aromatic N) is 2. The number of hydrogen-bond donors (Lipinski definition) is 0. The lowest BCUT2D eigenvalue weighted by molar-refractivity contribution is -0.384. The van der Waals surface area contributed by atoms with Crippen molar-refractivity contribution in [1.29, 1.82) is 0 Å². The molecule has 0 radical (unpaired) electrons. The molecule has 2 heterocycles. The maximum atomic E-state index is 14.2. The third kappa shape index (κ3) is 4.46. The number of carbonyl (C=O) groups is 3. The lowest BCUT2D eigenvalue weighted by atomic mass is 9.69. The number of rotatable bonds is 6. The number of thiophene rings is 1. The predicted octanol–water partition coefficient (Wildman–Crippen LogP) is 5.37. The van der Waals surface area contributed by atoms with Crippen molar-refractivity contribution in [1.82, 2.24) is 0 Å². The maximum absolute atomic E-state index is 14.2. The molecule has 1 aliphatic heterocycles. The first-order valence-electron chi connectivity index (χ1n) is 12.0. The number of allylic oxidation sites excluding steroid dienone is 2. The molecule has 0 spiro atoms. The highest BCUT2D eigenvalue weighted by Gasteiger charge is 2.50. The average Bonchev–Trinajstić information content (AvgIpc) is 3.43. The molecule has 1 aromatic heterocycles. The highest BCUT2D eigenvalue weighted by Crippen LogP contribution is 2.50. The number of non-ortho nitro benzene ring substituents is 1. The van der Waals surface area contributed by atoms with E-state index in [-0.39, 0.29) is 31.0 Å². The molecule has 0 saturated carbocycles. The Balaban J connectivity index is 1.72. The summed E-state index contributed by atoms with van der Waals surface area (Å²) in [6.07, 6.45) is 0.219. The van der Waals surface area contributed by atoms with Crippen LogP contribution >= 0.6 is 11.3 Å². The lowest BCUT2D eigenvalue weighted by Gasteiger charge is -2.42. The number of anilines is 1. The molecular formula is C28H24N2O6S. The minimum absolute atomic E-state index is 0.0557. The quantitative estimate of drug-likeness (QED) is 0.189. The van der Waals surface area contributed by atoms with Crippen molar-refractivity contribution in [3.05, 3.63) is 104 Å². The molecule has 0 N–H and O–H groups in total. The number of para-hydroxylation sites is 1. The molecule has 0 fully saturated rings. The molecule has 37 heavy (non-hydrogen) atoms. The largest absolute Gasteiger partial charge is 0.465 e. The Kier molecular flexibility index (Phi) is 6.71. The van der Waals surface area contributed by atoms with Gasteiger partial charge in [-0.1, -0.05) is 36.4 Å². The van der Waals surface area contributed by atoms with Crippen LogP contribution in [-0.2, 0) is 19.1 Å². The molecule has 0 bridgehead atoms. The topological polar surface area (TPSA) is 107 Å². The molecule has 8 nitrogen and oxygen atoms in total. The third-order valence-electron chi connectivity index (χ3n) is 6.87. The van der Waals surface area contributed by atoms with E-state index in [1.165, 1.54) is 23.5 Å². The summed E-state index contributed by atoms with van der Waals surface area (Å²) in [7, 11) is 0. The van der Waals surface area contributed by atoms with E-state index in [1.54, 1.807) is 36.1 Å². The molecule has 9 heteroatoms. The highest BCUT2D eigenvalue weighted by molar-refractivity contribution is 7.10. The molecular weight excluding hydrogens is 492 g/mol. The van der Waals surface area contributed by atoms with Crippen LogP contribution in [-0.4, -0.2) is 29.2 Å². The number of hydrogen-bond acceptors (Lipinski definition) is 7. The van der Waals surface area contributed by atoms with Gasteiger partial charge >= 0.3 is 5.97 Å². The minimum Gasteiger partial charge on any atom is -0.465 e. The van der Waals surface area contributed by atoms with E-state index >= 15 is 0 Å². The number of nitro benzene ring substituents is 1. The van der Waals surface area contributed by atoms with Crippen LogP contribution in [0.4, 0.5) is 11.4 Å². The fourth-order valence-electron chi connectivity index (χ4n) is 5.32. The normalized spacial score (nSPS) is 21.5. The number of benzene rings is 2. The summed E-state index contributed by atoms with van der Waals surface area (Å²) >= 11 is 1.45. The molecule has 3 aromatic rings. The van der Waals surface area contributed by atoms with E-state index < -0.39 is 34.4 Å². The predicted molar refractivity (Wildman–Crippen MR) is 138 cm³/mol. The number of carbonyl (C=O) groups excluding carboxylic acids is 3. The van der Waals surface area contributed by atoms with Gasteiger partial charge in [0, 0.05) is 52.2 Å². The van der Waals surface area contributed by atoms with Crippen molar-refractivity contribution >= 4 is 40.4 Å². The Labute approximate surface area is 217 Å². The summed E-state index contributed by atoms with van der Waals surface area (Å²) in [6.45, 7) is 1.83. The summed E-state index contributed by atoms with van der Waals surface area (Å²) in [6, 6.07) is 18.8. The van der Waals surface area contributed by atoms with E-state index in [2.05, 4.69) is 0 Å². The first-order valence-corrected chi connectivity index (χ1v) is 12.9. The van der Waals surface area contributed by atoms with Gasteiger partial charge in [-0.15, -0.1) is 11.3 Å². The van der Waals surface area contributed by atoms with Gasteiger partial charge < -0.3 is 4.74 Å². The number of esters is 1. The van der Waals surface area contributed by atoms with Gasteiger partial charge in [-0.3, -0.25) is 29.4 Å². The van der Waals surface area contributed by atoms with Gasteiger partial charge in [-0.05, 0) is 42.5 Å². The second-order valence-corrected chi connectivity index (χ2v) is 9.93. The van der Waals surface area contributed by atoms with Gasteiger partial charge in [0.05, 0.1) is 11.5 Å². The first-order chi connectivity index (χ1) is 17.9. The number of Topliss-reactive ketones (excluding diaryl/α,β-unsaturated/α-hetero) is 1. The Morgan fingerprint density at radius 1 is 1.08 bits per heavy atom. The van der Waals surface area contributed by atoms with Crippen molar-refractivity contribution in [3.8, 4) is 0 Å². The summed E-state index contributed by atoms with van der Waals surface area (Å²) in [5.74, 6) is -3.48. The van der Waals surface area contributed by atoms with Crippen molar-refractivity contribution in [2.45, 2.75) is 31.6 Å². The van der Waals surface area contributed by atoms with E-state index in [9.17, 15) is 24.5 Å². The molecule has 1 amide bonds. The Morgan fingerprint density at radius 2 is 1.86 bits per heavy atom. The second kappa shape index (κ2) is 10.1. The molecule has 0 saturated heterocycles. The van der Waals surface area contributed by atoms with Crippen LogP contribution in [0.15, 0.2) is 83.4 Å². The summed E-state index contributed by atoms with van der Waals surface area (Å²) in [5.41, 5.74) is 1.87. The van der Waals surface area contributed by atoms with Crippen LogP contribution in [0.25, 0.3) is 0 Å². The van der Waals surface area contributed by atoms with E-state index in [1.807, 2.05) is 35.7 Å². The zero-order valence-corrected chi connectivity index (χ0v) is 20.9. The van der Waals surface area contributed by atoms with Crippen molar-refractivity contribution in [2.75, 3.05) is 11.5 Å². The summed E-state index contributed by atoms with van der Waals surface area (Å²) in [4.78, 5) is 54.4. The van der Waals surface area contributed by atoms with Crippen LogP contribution in [0.1, 0.15) is 42.0 Å². The van der Waals surface area contributed by atoms with Gasteiger partial charge in [0.1, 0.15) is 5.92 Å². The molecule has 188 valence electrons. The number of nitro groups is 1. The van der Waals surface area contributed by atoms with Crippen molar-refractivity contribution in [3.63, 3.8) is 0 Å². The Bertz CT molecular complexity index is 1400. The zero-order valence-electron chi connectivity index (χ0n) is 20.0. The standard InChI is InChI=1S/C28H24N2O6S/c1-2-36-28(33)26-21(23-12-7-13-37-23)15-22-25(27(26)32)20(17-8-6-11-19(14-17)30(34)35)16-24(31)29(22)18-9-4-3-5-10-18/h3-14,20-21,26H,2,15-16H2,1H3/t20-,21+,26-/m0/s1. The van der Waals surface area contributed by atoms with E-state index in [0.29, 0.717) is 22.5 Å². The van der Waals surface area contributed by atoms with Gasteiger partial charge in [-0.25, -0.2) is 0 Å². The molecule has 2 aromatic carbocycles. The van der Waals surface area contributed by atoms with Crippen LogP contribution < -0.4 is 4.90 Å². The summed E-state index contributed by atoms with van der Waals surface area (Å²) in [5, 5.41) is 13.4. The van der Waals surface area contributed by atoms with Crippen LogP contribution in [0.2, 0.25) is 0 Å². The van der Waals surface area contributed by atoms with Gasteiger partial charge in [0.2, 0.25) is 5.91 Å². The molecule has 5 rings (SSSR count). The number of ketones is 1. The summed E-state index contributed by atoms with van der Waals surface area (Å²) < 4.78 is 5.34. The highest BCUT2D eigenvalue weighted by atomic mass is 32.1. The fourth-order valence-corrected chi connectivity index (χ4v) is 6.18. The van der Waals surface area contributed by atoms with Gasteiger partial charge in [-0.2, -0.15) is 0 Å². The van der Waals surface area contributed by atoms with Gasteiger partial charge in [0.15, 0.2) is 5.78 Å². The zero-order chi connectivity index (χ0) is 26.1. The van der Waals surface area contributed by atoms with Crippen LogP contribution in [0.5, 0.6) is 0 Å². The number of ether oxygens (including phenoxy) is 1. The van der Waals surface area contributed by atoms with Crippen molar-refractivity contribution < 1.29 is 24.0 Å². The third-order valence-corrected chi connectivity index (χ3v) is 7.87. The second-order valence-electron chi connectivity index (χ2n) is 8.95. The van der Waals surface area contributed by atoms with Crippen LogP contribution in [0, 0.1) is 16.0 Å². The molecule has 0 unspecified atom stereocenters. The Hall–Kier alpha value is -4.11. The monoisotopic (exact) mass is 516 g/mol. The Morgan fingerprint density at radius 3 is 2.54 bits per heavy atom. The average molecular weight is 517 g/mol.